The van der Waals surface area contributed by atoms with Crippen molar-refractivity contribution < 1.29 is 21.0 Å². The van der Waals surface area contributed by atoms with Gasteiger partial charge >= 0.3 is 10.1 Å². The van der Waals surface area contributed by atoms with Gasteiger partial charge in [-0.05, 0) is 54.1 Å². The standard InChI is InChI=1S/C19H19NO5S2/c1-3-20-26(21,22)19-11-7-15-12-17(8-6-16(15)13-19)25-27(23,24)18-9-4-14(2)5-10-18/h4-13,20H,3H2,1-2H3. The zero-order chi connectivity index (χ0) is 19.7. The maximum absolute atomic E-state index is 12.4. The van der Waals surface area contributed by atoms with Crippen LogP contribution in [0, 0.1) is 6.92 Å². The van der Waals surface area contributed by atoms with Crippen LogP contribution < -0.4 is 8.91 Å². The van der Waals surface area contributed by atoms with Gasteiger partial charge < -0.3 is 4.18 Å². The second-order valence-corrected chi connectivity index (χ2v) is 9.34. The van der Waals surface area contributed by atoms with E-state index in [4.69, 9.17) is 4.18 Å². The molecule has 0 fully saturated rings. The molecule has 0 saturated carbocycles. The number of aryl methyl sites for hydroxylation is 1. The lowest BCUT2D eigenvalue weighted by atomic mass is 10.1. The predicted octanol–water partition coefficient (Wildman–Crippen LogP) is 3.21. The first kappa shape index (κ1) is 19.3. The summed E-state index contributed by atoms with van der Waals surface area (Å²) in [4.78, 5) is 0.220. The van der Waals surface area contributed by atoms with E-state index in [-0.39, 0.29) is 15.5 Å². The summed E-state index contributed by atoms with van der Waals surface area (Å²) in [6.07, 6.45) is 0. The third-order valence-electron chi connectivity index (χ3n) is 3.94. The lowest BCUT2D eigenvalue weighted by molar-refractivity contribution is 0.486. The molecule has 0 heterocycles. The van der Waals surface area contributed by atoms with Crippen LogP contribution in [0.4, 0.5) is 0 Å². The topological polar surface area (TPSA) is 89.5 Å². The Bertz CT molecular complexity index is 1180. The third kappa shape index (κ3) is 4.29. The second kappa shape index (κ2) is 7.30. The van der Waals surface area contributed by atoms with Crippen molar-refractivity contribution in [2.24, 2.45) is 0 Å². The van der Waals surface area contributed by atoms with Gasteiger partial charge in [-0.2, -0.15) is 8.42 Å². The van der Waals surface area contributed by atoms with E-state index in [9.17, 15) is 16.8 Å². The predicted molar refractivity (Wildman–Crippen MR) is 104 cm³/mol. The highest BCUT2D eigenvalue weighted by atomic mass is 32.2. The summed E-state index contributed by atoms with van der Waals surface area (Å²) in [7, 11) is -7.50. The van der Waals surface area contributed by atoms with Crippen molar-refractivity contribution in [2.45, 2.75) is 23.6 Å². The van der Waals surface area contributed by atoms with Gasteiger partial charge in [-0.1, -0.05) is 36.8 Å². The summed E-state index contributed by atoms with van der Waals surface area (Å²) in [6, 6.07) is 15.7. The van der Waals surface area contributed by atoms with Crippen molar-refractivity contribution in [1.29, 1.82) is 0 Å². The minimum atomic E-state index is -3.94. The molecule has 0 aliphatic carbocycles. The first-order chi connectivity index (χ1) is 12.7. The van der Waals surface area contributed by atoms with Crippen LogP contribution in [0.1, 0.15) is 12.5 Å². The molecule has 0 aliphatic heterocycles. The molecule has 0 unspecified atom stereocenters. The van der Waals surface area contributed by atoms with Crippen molar-refractivity contribution in [2.75, 3.05) is 6.54 Å². The molecule has 0 saturated heterocycles. The van der Waals surface area contributed by atoms with Crippen LogP contribution in [-0.2, 0) is 20.1 Å². The summed E-state index contributed by atoms with van der Waals surface area (Å²) in [5.74, 6) is 0.158. The number of hydrogen-bond acceptors (Lipinski definition) is 5. The molecule has 142 valence electrons. The molecule has 3 aromatic carbocycles. The molecular weight excluding hydrogens is 386 g/mol. The highest BCUT2D eigenvalue weighted by Crippen LogP contribution is 2.26. The number of fused-ring (bicyclic) bond motifs is 1. The smallest absolute Gasteiger partial charge is 0.339 e. The Balaban J connectivity index is 1.92. The van der Waals surface area contributed by atoms with Crippen LogP contribution >= 0.6 is 0 Å². The SMILES string of the molecule is CCNS(=O)(=O)c1ccc2cc(OS(=O)(=O)c3ccc(C)cc3)ccc2c1. The molecule has 27 heavy (non-hydrogen) atoms. The third-order valence-corrected chi connectivity index (χ3v) is 6.75. The van der Waals surface area contributed by atoms with Gasteiger partial charge in [0.2, 0.25) is 10.0 Å². The van der Waals surface area contributed by atoms with Gasteiger partial charge in [0.1, 0.15) is 10.6 Å². The molecule has 0 aromatic heterocycles. The monoisotopic (exact) mass is 405 g/mol. The Morgan fingerprint density at radius 3 is 2.07 bits per heavy atom. The van der Waals surface area contributed by atoms with Crippen molar-refractivity contribution in [3.63, 3.8) is 0 Å². The Labute approximate surface area is 159 Å². The van der Waals surface area contributed by atoms with E-state index in [1.54, 1.807) is 37.3 Å². The highest BCUT2D eigenvalue weighted by Gasteiger charge is 2.17. The van der Waals surface area contributed by atoms with Gasteiger partial charge in [0, 0.05) is 6.54 Å². The Morgan fingerprint density at radius 2 is 1.41 bits per heavy atom. The average Bonchev–Trinajstić information content (AvgIpc) is 2.61. The van der Waals surface area contributed by atoms with Gasteiger partial charge in [-0.15, -0.1) is 0 Å². The molecular formula is C19H19NO5S2. The van der Waals surface area contributed by atoms with E-state index in [1.165, 1.54) is 30.3 Å². The maximum Gasteiger partial charge on any atom is 0.339 e. The lowest BCUT2D eigenvalue weighted by Crippen LogP contribution is -2.22. The molecule has 0 bridgehead atoms. The Hall–Kier alpha value is -2.42. The molecule has 0 spiro atoms. The lowest BCUT2D eigenvalue weighted by Gasteiger charge is -2.09. The molecule has 1 N–H and O–H groups in total. The molecule has 0 radical (unpaired) electrons. The Morgan fingerprint density at radius 1 is 0.815 bits per heavy atom. The van der Waals surface area contributed by atoms with Crippen LogP contribution in [0.15, 0.2) is 70.5 Å². The largest absolute Gasteiger partial charge is 0.379 e. The molecule has 0 amide bonds. The van der Waals surface area contributed by atoms with Gasteiger partial charge in [-0.25, -0.2) is 13.1 Å². The van der Waals surface area contributed by atoms with E-state index < -0.39 is 20.1 Å². The number of nitrogens with one attached hydrogen (secondary N) is 1. The molecule has 8 heteroatoms. The van der Waals surface area contributed by atoms with Gasteiger partial charge in [0.05, 0.1) is 4.90 Å². The quantitative estimate of drug-likeness (QED) is 0.636. The minimum Gasteiger partial charge on any atom is -0.379 e. The van der Waals surface area contributed by atoms with Gasteiger partial charge in [-0.3, -0.25) is 0 Å². The van der Waals surface area contributed by atoms with E-state index in [0.717, 1.165) is 5.56 Å². The van der Waals surface area contributed by atoms with Crippen molar-refractivity contribution >= 4 is 30.9 Å². The van der Waals surface area contributed by atoms with Crippen LogP contribution in [0.3, 0.4) is 0 Å². The van der Waals surface area contributed by atoms with Crippen LogP contribution in [-0.4, -0.2) is 23.4 Å². The van der Waals surface area contributed by atoms with E-state index in [0.29, 0.717) is 17.3 Å². The molecule has 0 atom stereocenters. The zero-order valence-electron chi connectivity index (χ0n) is 14.8. The first-order valence-corrected chi connectivity index (χ1v) is 11.1. The normalized spacial score (nSPS) is 12.2. The van der Waals surface area contributed by atoms with Crippen LogP contribution in [0.25, 0.3) is 10.8 Å². The highest BCUT2D eigenvalue weighted by molar-refractivity contribution is 7.89. The van der Waals surface area contributed by atoms with Crippen LogP contribution in [0.2, 0.25) is 0 Å². The number of sulfonamides is 1. The fourth-order valence-corrected chi connectivity index (χ4v) is 4.57. The second-order valence-electron chi connectivity index (χ2n) is 6.02. The van der Waals surface area contributed by atoms with Crippen molar-refractivity contribution in [3.8, 4) is 5.75 Å². The summed E-state index contributed by atoms with van der Waals surface area (Å²) < 4.78 is 56.6. The zero-order valence-corrected chi connectivity index (χ0v) is 16.5. The van der Waals surface area contributed by atoms with E-state index >= 15 is 0 Å². The number of benzene rings is 3. The minimum absolute atomic E-state index is 0.0697. The number of rotatable bonds is 6. The molecule has 0 aliphatic rings. The van der Waals surface area contributed by atoms with Crippen LogP contribution in [0.5, 0.6) is 5.75 Å². The van der Waals surface area contributed by atoms with Crippen molar-refractivity contribution in [3.05, 3.63) is 66.2 Å². The fraction of sp³-hybridized carbons (Fsp3) is 0.158. The Kier molecular flexibility index (Phi) is 5.23. The summed E-state index contributed by atoms with van der Waals surface area (Å²) >= 11 is 0. The molecule has 3 rings (SSSR count). The first-order valence-electron chi connectivity index (χ1n) is 8.26. The van der Waals surface area contributed by atoms with Gasteiger partial charge in [0.15, 0.2) is 0 Å². The number of hydrogen-bond donors (Lipinski definition) is 1. The van der Waals surface area contributed by atoms with Gasteiger partial charge in [0.25, 0.3) is 0 Å². The summed E-state index contributed by atoms with van der Waals surface area (Å²) in [5, 5.41) is 1.33. The fourth-order valence-electron chi connectivity index (χ4n) is 2.57. The maximum atomic E-state index is 12.4. The van der Waals surface area contributed by atoms with E-state index in [1.807, 2.05) is 6.92 Å². The summed E-state index contributed by atoms with van der Waals surface area (Å²) in [6.45, 7) is 3.87. The van der Waals surface area contributed by atoms with E-state index in [2.05, 4.69) is 4.72 Å². The summed E-state index contributed by atoms with van der Waals surface area (Å²) in [5.41, 5.74) is 0.947. The molecule has 3 aromatic rings. The molecule has 6 nitrogen and oxygen atoms in total. The average molecular weight is 405 g/mol. The van der Waals surface area contributed by atoms with Crippen molar-refractivity contribution in [1.82, 2.24) is 4.72 Å².